The van der Waals surface area contributed by atoms with Crippen molar-refractivity contribution in [3.63, 3.8) is 0 Å². The summed E-state index contributed by atoms with van der Waals surface area (Å²) in [7, 11) is -3.86. The van der Waals surface area contributed by atoms with Crippen molar-refractivity contribution in [2.45, 2.75) is 13.2 Å². The van der Waals surface area contributed by atoms with Gasteiger partial charge in [-0.05, 0) is 35.4 Å². The van der Waals surface area contributed by atoms with E-state index in [0.717, 1.165) is 11.0 Å². The second-order valence-corrected chi connectivity index (χ2v) is 8.95. The average molecular weight is 493 g/mol. The molecule has 0 aliphatic carbocycles. The van der Waals surface area contributed by atoms with Gasteiger partial charge in [0.05, 0.1) is 28.8 Å². The molecule has 2 aromatic carbocycles. The van der Waals surface area contributed by atoms with Crippen molar-refractivity contribution in [1.29, 1.82) is 0 Å². The molecule has 0 unspecified atom stereocenters. The molecular weight excluding hydrogens is 472 g/mol. The van der Waals surface area contributed by atoms with Crippen molar-refractivity contribution < 1.29 is 18.1 Å². The number of benzene rings is 2. The van der Waals surface area contributed by atoms with Gasteiger partial charge in [-0.15, -0.1) is 5.10 Å². The van der Waals surface area contributed by atoms with Crippen LogP contribution in [0.1, 0.15) is 16.8 Å². The number of aromatic nitrogens is 4. The zero-order valence-corrected chi connectivity index (χ0v) is 19.1. The van der Waals surface area contributed by atoms with Crippen LogP contribution in [0.25, 0.3) is 6.08 Å². The Kier molecular flexibility index (Phi) is 7.12. The van der Waals surface area contributed by atoms with Gasteiger partial charge in [-0.25, -0.2) is 13.1 Å². The maximum atomic E-state index is 12.4. The number of pyridine rings is 1. The number of rotatable bonds is 10. The summed E-state index contributed by atoms with van der Waals surface area (Å²) < 4.78 is 34.7. The molecule has 0 atom stereocenters. The van der Waals surface area contributed by atoms with Gasteiger partial charge in [-0.3, -0.25) is 19.8 Å². The van der Waals surface area contributed by atoms with Gasteiger partial charge in [0.15, 0.2) is 0 Å². The third-order valence-corrected chi connectivity index (χ3v) is 5.67. The smallest absolute Gasteiger partial charge is 0.270 e. The van der Waals surface area contributed by atoms with E-state index in [1.807, 2.05) is 12.1 Å². The summed E-state index contributed by atoms with van der Waals surface area (Å²) in [6.45, 7) is 0.678. The number of non-ortho nitro benzene ring substituents is 1. The van der Waals surface area contributed by atoms with Crippen LogP contribution in [0.5, 0.6) is 5.75 Å². The number of nitrogens with one attached hydrogen (secondary N) is 1. The number of nitro benzene ring substituents is 1. The van der Waals surface area contributed by atoms with Crippen LogP contribution in [0, 0.1) is 10.1 Å². The lowest BCUT2D eigenvalue weighted by molar-refractivity contribution is -0.384. The first-order valence-electron chi connectivity index (χ1n) is 10.3. The highest BCUT2D eigenvalue weighted by molar-refractivity contribution is 7.95. The van der Waals surface area contributed by atoms with Crippen LogP contribution in [-0.2, 0) is 23.2 Å². The standard InChI is InChI=1S/C23H20N6O5S/c30-29(31)22-7-1-4-18(12-22)9-11-35(32,33)26-20-6-2-8-23(13-20)34-17-21-16-28(27-25-21)15-19-5-3-10-24-14-19/h1-14,16,26H,15,17H2/b11-9+. The molecule has 0 saturated heterocycles. The van der Waals surface area contributed by atoms with E-state index in [2.05, 4.69) is 20.0 Å². The molecule has 2 aromatic heterocycles. The Morgan fingerprint density at radius 3 is 2.77 bits per heavy atom. The minimum Gasteiger partial charge on any atom is -0.487 e. The molecule has 12 heteroatoms. The van der Waals surface area contributed by atoms with Crippen LogP contribution in [0.2, 0.25) is 0 Å². The number of hydrogen-bond acceptors (Lipinski definition) is 8. The molecule has 0 saturated carbocycles. The zero-order valence-electron chi connectivity index (χ0n) is 18.3. The summed E-state index contributed by atoms with van der Waals surface area (Å²) in [6, 6.07) is 15.9. The minimum absolute atomic E-state index is 0.125. The van der Waals surface area contributed by atoms with Crippen LogP contribution in [-0.4, -0.2) is 33.3 Å². The Morgan fingerprint density at radius 1 is 1.11 bits per heavy atom. The molecule has 35 heavy (non-hydrogen) atoms. The fourth-order valence-corrected chi connectivity index (χ4v) is 3.94. The maximum Gasteiger partial charge on any atom is 0.270 e. The van der Waals surface area contributed by atoms with Crippen LogP contribution in [0.3, 0.4) is 0 Å². The van der Waals surface area contributed by atoms with Gasteiger partial charge in [0, 0.05) is 30.6 Å². The molecular formula is C23H20N6O5S. The molecule has 4 aromatic rings. The molecule has 0 radical (unpaired) electrons. The van der Waals surface area contributed by atoms with Gasteiger partial charge >= 0.3 is 0 Å². The summed E-state index contributed by atoms with van der Waals surface area (Å²) in [6.07, 6.45) is 6.50. The molecule has 0 aliphatic rings. The van der Waals surface area contributed by atoms with Gasteiger partial charge in [0.2, 0.25) is 0 Å². The van der Waals surface area contributed by atoms with E-state index < -0.39 is 14.9 Å². The van der Waals surface area contributed by atoms with Gasteiger partial charge in [-0.2, -0.15) is 0 Å². The van der Waals surface area contributed by atoms with E-state index in [1.54, 1.807) is 53.6 Å². The number of hydrogen-bond donors (Lipinski definition) is 1. The number of nitrogens with zero attached hydrogens (tertiary/aromatic N) is 5. The normalized spacial score (nSPS) is 11.4. The third kappa shape index (κ3) is 6.95. The molecule has 0 fully saturated rings. The van der Waals surface area contributed by atoms with E-state index in [-0.39, 0.29) is 12.3 Å². The first kappa shape index (κ1) is 23.6. The first-order valence-corrected chi connectivity index (χ1v) is 11.9. The second-order valence-electron chi connectivity index (χ2n) is 7.39. The SMILES string of the molecule is O=[N+]([O-])c1cccc(/C=C/S(=O)(=O)Nc2cccc(OCc3cn(Cc4cccnc4)nn3)c2)c1. The van der Waals surface area contributed by atoms with E-state index >= 15 is 0 Å². The predicted molar refractivity (Wildman–Crippen MR) is 129 cm³/mol. The van der Waals surface area contributed by atoms with Gasteiger partial charge in [0.1, 0.15) is 18.1 Å². The molecule has 2 heterocycles. The summed E-state index contributed by atoms with van der Waals surface area (Å²) >= 11 is 0. The topological polar surface area (TPSA) is 142 Å². The van der Waals surface area contributed by atoms with E-state index in [9.17, 15) is 18.5 Å². The number of nitro groups is 1. The van der Waals surface area contributed by atoms with Crippen molar-refractivity contribution in [3.05, 3.63) is 112 Å². The lowest BCUT2D eigenvalue weighted by Crippen LogP contribution is -2.09. The van der Waals surface area contributed by atoms with Crippen molar-refractivity contribution in [2.24, 2.45) is 0 Å². The molecule has 0 spiro atoms. The van der Waals surface area contributed by atoms with Crippen LogP contribution >= 0.6 is 0 Å². The first-order chi connectivity index (χ1) is 16.9. The Morgan fingerprint density at radius 2 is 1.97 bits per heavy atom. The van der Waals surface area contributed by atoms with Crippen molar-refractivity contribution in [1.82, 2.24) is 20.0 Å². The number of ether oxygens (including phenoxy) is 1. The Labute approximate surface area is 200 Å². The largest absolute Gasteiger partial charge is 0.487 e. The van der Waals surface area contributed by atoms with Crippen LogP contribution in [0.15, 0.2) is 84.7 Å². The Balaban J connectivity index is 1.35. The fraction of sp³-hybridized carbons (Fsp3) is 0.0870. The van der Waals surface area contributed by atoms with Gasteiger partial charge in [-0.1, -0.05) is 29.5 Å². The van der Waals surface area contributed by atoms with Crippen LogP contribution in [0.4, 0.5) is 11.4 Å². The predicted octanol–water partition coefficient (Wildman–Crippen LogP) is 3.62. The number of sulfonamides is 1. The highest BCUT2D eigenvalue weighted by Gasteiger charge is 2.09. The molecule has 0 amide bonds. The number of anilines is 1. The van der Waals surface area contributed by atoms with Gasteiger partial charge < -0.3 is 4.74 Å². The Hall–Kier alpha value is -4.58. The highest BCUT2D eigenvalue weighted by atomic mass is 32.2. The molecule has 178 valence electrons. The summed E-state index contributed by atoms with van der Waals surface area (Å²) in [5.41, 5.74) is 2.16. The summed E-state index contributed by atoms with van der Waals surface area (Å²) in [4.78, 5) is 14.4. The molecule has 0 bridgehead atoms. The zero-order chi connectivity index (χ0) is 24.7. The summed E-state index contributed by atoms with van der Waals surface area (Å²) in [5, 5.41) is 20.0. The van der Waals surface area contributed by atoms with Crippen molar-refractivity contribution >= 4 is 27.5 Å². The van der Waals surface area contributed by atoms with Crippen LogP contribution < -0.4 is 9.46 Å². The molecule has 1 N–H and O–H groups in total. The molecule has 4 rings (SSSR count). The summed E-state index contributed by atoms with van der Waals surface area (Å²) in [5.74, 6) is 0.440. The van der Waals surface area contributed by atoms with Crippen molar-refractivity contribution in [3.8, 4) is 5.75 Å². The highest BCUT2D eigenvalue weighted by Crippen LogP contribution is 2.20. The van der Waals surface area contributed by atoms with E-state index in [0.29, 0.717) is 29.2 Å². The fourth-order valence-electron chi connectivity index (χ4n) is 3.08. The Bertz CT molecular complexity index is 1450. The monoisotopic (exact) mass is 492 g/mol. The van der Waals surface area contributed by atoms with E-state index in [4.69, 9.17) is 4.74 Å². The lowest BCUT2D eigenvalue weighted by Gasteiger charge is -2.08. The average Bonchev–Trinajstić information content (AvgIpc) is 3.29. The molecule has 0 aliphatic heterocycles. The lowest BCUT2D eigenvalue weighted by atomic mass is 10.2. The second kappa shape index (κ2) is 10.6. The quantitative estimate of drug-likeness (QED) is 0.261. The minimum atomic E-state index is -3.86. The molecule has 11 nitrogen and oxygen atoms in total. The van der Waals surface area contributed by atoms with Crippen molar-refractivity contribution in [2.75, 3.05) is 4.72 Å². The van der Waals surface area contributed by atoms with E-state index in [1.165, 1.54) is 24.3 Å². The van der Waals surface area contributed by atoms with Gasteiger partial charge in [0.25, 0.3) is 15.7 Å². The maximum absolute atomic E-state index is 12.4. The third-order valence-electron chi connectivity index (χ3n) is 4.65.